The summed E-state index contributed by atoms with van der Waals surface area (Å²) in [5.74, 6) is -1.23. The summed E-state index contributed by atoms with van der Waals surface area (Å²) in [5.41, 5.74) is 3.07. The minimum atomic E-state index is -1.25. The number of nitrogens with one attached hydrogen (secondary N) is 1. The van der Waals surface area contributed by atoms with Crippen LogP contribution in [0.15, 0.2) is 78.9 Å². The van der Waals surface area contributed by atoms with Gasteiger partial charge in [-0.15, -0.1) is 0 Å². The summed E-state index contributed by atoms with van der Waals surface area (Å²) in [7, 11) is 0. The maximum Gasteiger partial charge on any atom is 0.338 e. The fourth-order valence-corrected chi connectivity index (χ4v) is 5.13. The highest BCUT2D eigenvalue weighted by atomic mass is 19.1. The zero-order chi connectivity index (χ0) is 24.5. The molecule has 1 heterocycles. The van der Waals surface area contributed by atoms with Gasteiger partial charge in [-0.2, -0.15) is 0 Å². The molecule has 5 heteroatoms. The van der Waals surface area contributed by atoms with Gasteiger partial charge in [-0.25, -0.2) is 9.18 Å². The second-order valence-electron chi connectivity index (χ2n) is 9.27. The molecule has 1 aliphatic rings. The summed E-state index contributed by atoms with van der Waals surface area (Å²) >= 11 is 0. The SMILES string of the molecule is Cc1cc([C@@H]2C[C@H](CN[C@H](C)c3cccc4ccccc34)Oc3ccccc32)cc(C(=O)O)c1F. The maximum atomic E-state index is 14.4. The molecule has 0 saturated carbocycles. The smallest absolute Gasteiger partial charge is 0.338 e. The van der Waals surface area contributed by atoms with E-state index >= 15 is 0 Å². The van der Waals surface area contributed by atoms with E-state index in [-0.39, 0.29) is 23.6 Å². The second-order valence-corrected chi connectivity index (χ2v) is 9.27. The van der Waals surface area contributed by atoms with E-state index < -0.39 is 11.8 Å². The molecule has 0 fully saturated rings. The van der Waals surface area contributed by atoms with Crippen LogP contribution in [0.3, 0.4) is 0 Å². The third-order valence-corrected chi connectivity index (χ3v) is 6.94. The fraction of sp³-hybridized carbons (Fsp3) is 0.233. The number of hydrogen-bond donors (Lipinski definition) is 2. The Morgan fingerprint density at radius 3 is 2.66 bits per heavy atom. The first-order chi connectivity index (χ1) is 16.9. The number of fused-ring (bicyclic) bond motifs is 2. The highest BCUT2D eigenvalue weighted by molar-refractivity contribution is 5.88. The molecule has 0 aromatic heterocycles. The Kier molecular flexibility index (Phi) is 6.27. The van der Waals surface area contributed by atoms with Crippen molar-refractivity contribution in [3.05, 3.63) is 112 Å². The number of hydrogen-bond acceptors (Lipinski definition) is 3. The van der Waals surface area contributed by atoms with Crippen molar-refractivity contribution in [3.63, 3.8) is 0 Å². The number of carboxylic acid groups (broad SMARTS) is 1. The lowest BCUT2D eigenvalue weighted by atomic mass is 9.82. The highest BCUT2D eigenvalue weighted by Gasteiger charge is 2.31. The molecule has 4 aromatic carbocycles. The van der Waals surface area contributed by atoms with E-state index in [0.717, 1.165) is 16.9 Å². The molecule has 4 nitrogen and oxygen atoms in total. The molecule has 178 valence electrons. The lowest BCUT2D eigenvalue weighted by Crippen LogP contribution is -2.37. The van der Waals surface area contributed by atoms with Gasteiger partial charge in [0.2, 0.25) is 0 Å². The molecule has 3 atom stereocenters. The first-order valence-electron chi connectivity index (χ1n) is 11.9. The summed E-state index contributed by atoms with van der Waals surface area (Å²) in [4.78, 5) is 11.6. The Bertz CT molecular complexity index is 1390. The van der Waals surface area contributed by atoms with Crippen molar-refractivity contribution in [2.24, 2.45) is 0 Å². The lowest BCUT2D eigenvalue weighted by molar-refractivity contribution is 0.0691. The van der Waals surface area contributed by atoms with E-state index in [1.807, 2.05) is 30.3 Å². The van der Waals surface area contributed by atoms with E-state index in [0.29, 0.717) is 18.5 Å². The third-order valence-electron chi connectivity index (χ3n) is 6.94. The van der Waals surface area contributed by atoms with Crippen LogP contribution in [-0.2, 0) is 0 Å². The number of aryl methyl sites for hydroxylation is 1. The van der Waals surface area contributed by atoms with E-state index in [9.17, 15) is 14.3 Å². The van der Waals surface area contributed by atoms with Gasteiger partial charge in [0.25, 0.3) is 0 Å². The Morgan fingerprint density at radius 2 is 1.83 bits per heavy atom. The topological polar surface area (TPSA) is 58.6 Å². The number of rotatable bonds is 6. The largest absolute Gasteiger partial charge is 0.489 e. The second kappa shape index (κ2) is 9.51. The number of halogens is 1. The van der Waals surface area contributed by atoms with Gasteiger partial charge in [-0.1, -0.05) is 66.7 Å². The highest BCUT2D eigenvalue weighted by Crippen LogP contribution is 2.41. The van der Waals surface area contributed by atoms with Gasteiger partial charge in [0.05, 0.1) is 5.56 Å². The number of benzene rings is 4. The van der Waals surface area contributed by atoms with E-state index in [4.69, 9.17) is 4.74 Å². The third kappa shape index (κ3) is 4.52. The molecule has 5 rings (SSSR count). The molecule has 1 aliphatic heterocycles. The summed E-state index contributed by atoms with van der Waals surface area (Å²) in [6.07, 6.45) is 0.544. The standard InChI is InChI=1S/C30H28FNO3/c1-18-14-21(15-27(29(18)31)30(33)34)26-16-22(35-28-13-6-5-11-25(26)28)17-32-19(2)23-12-7-9-20-8-3-4-10-24(20)23/h3-15,19,22,26,32H,16-17H2,1-2H3,(H,33,34)/t19-,22-,26+/m1/s1. The van der Waals surface area contributed by atoms with Gasteiger partial charge in [-0.05, 0) is 59.9 Å². The minimum absolute atomic E-state index is 0.0861. The number of para-hydroxylation sites is 1. The van der Waals surface area contributed by atoms with Gasteiger partial charge in [-0.3, -0.25) is 0 Å². The monoisotopic (exact) mass is 469 g/mol. The Balaban J connectivity index is 1.41. The molecule has 0 bridgehead atoms. The van der Waals surface area contributed by atoms with Gasteiger partial charge >= 0.3 is 5.97 Å². The van der Waals surface area contributed by atoms with Gasteiger partial charge < -0.3 is 15.2 Å². The lowest BCUT2D eigenvalue weighted by Gasteiger charge is -2.33. The molecule has 4 aromatic rings. The first kappa shape index (κ1) is 23.1. The summed E-state index contributed by atoms with van der Waals surface area (Å²) in [6.45, 7) is 4.39. The predicted octanol–water partition coefficient (Wildman–Crippen LogP) is 6.62. The van der Waals surface area contributed by atoms with Crippen molar-refractivity contribution in [1.82, 2.24) is 5.32 Å². The minimum Gasteiger partial charge on any atom is -0.489 e. The Hall–Kier alpha value is -3.70. The van der Waals surface area contributed by atoms with Crippen LogP contribution in [-0.4, -0.2) is 23.7 Å². The predicted molar refractivity (Wildman–Crippen MR) is 136 cm³/mol. The molecule has 0 radical (unpaired) electrons. The molecule has 0 saturated heterocycles. The molecule has 35 heavy (non-hydrogen) atoms. The fourth-order valence-electron chi connectivity index (χ4n) is 5.13. The molecule has 0 spiro atoms. The number of ether oxygens (including phenoxy) is 1. The van der Waals surface area contributed by atoms with Crippen LogP contribution in [0, 0.1) is 12.7 Å². The zero-order valence-electron chi connectivity index (χ0n) is 19.8. The molecule has 0 amide bonds. The van der Waals surface area contributed by atoms with Crippen molar-refractivity contribution in [2.75, 3.05) is 6.54 Å². The number of carbonyl (C=O) groups is 1. The van der Waals surface area contributed by atoms with Crippen LogP contribution >= 0.6 is 0 Å². The van der Waals surface area contributed by atoms with Crippen molar-refractivity contribution in [3.8, 4) is 5.75 Å². The molecular formula is C30H28FNO3. The van der Waals surface area contributed by atoms with E-state index in [1.165, 1.54) is 22.4 Å². The summed E-state index contributed by atoms with van der Waals surface area (Å²) in [6, 6.07) is 25.9. The number of carboxylic acids is 1. The van der Waals surface area contributed by atoms with Gasteiger partial charge in [0.15, 0.2) is 0 Å². The Morgan fingerprint density at radius 1 is 1.09 bits per heavy atom. The van der Waals surface area contributed by atoms with Crippen LogP contribution in [0.4, 0.5) is 4.39 Å². The first-order valence-corrected chi connectivity index (χ1v) is 11.9. The summed E-state index contributed by atoms with van der Waals surface area (Å²) in [5, 5.41) is 15.6. The van der Waals surface area contributed by atoms with Crippen LogP contribution < -0.4 is 10.1 Å². The Labute approximate surface area is 204 Å². The average molecular weight is 470 g/mol. The maximum absolute atomic E-state index is 14.4. The van der Waals surface area contributed by atoms with Crippen molar-refractivity contribution >= 4 is 16.7 Å². The molecule has 0 aliphatic carbocycles. The molecule has 2 N–H and O–H groups in total. The van der Waals surface area contributed by atoms with Crippen molar-refractivity contribution in [2.45, 2.75) is 38.3 Å². The van der Waals surface area contributed by atoms with Crippen LogP contribution in [0.25, 0.3) is 10.8 Å². The summed E-state index contributed by atoms with van der Waals surface area (Å²) < 4.78 is 20.8. The van der Waals surface area contributed by atoms with E-state index in [1.54, 1.807) is 13.0 Å². The van der Waals surface area contributed by atoms with Gasteiger partial charge in [0.1, 0.15) is 17.7 Å². The quantitative estimate of drug-likeness (QED) is 0.333. The number of aromatic carboxylic acids is 1. The zero-order valence-corrected chi connectivity index (χ0v) is 19.8. The average Bonchev–Trinajstić information content (AvgIpc) is 2.87. The van der Waals surface area contributed by atoms with Crippen molar-refractivity contribution in [1.29, 1.82) is 0 Å². The van der Waals surface area contributed by atoms with Crippen LogP contribution in [0.1, 0.15) is 57.9 Å². The van der Waals surface area contributed by atoms with Crippen LogP contribution in [0.2, 0.25) is 0 Å². The molecular weight excluding hydrogens is 441 g/mol. The molecule has 0 unspecified atom stereocenters. The van der Waals surface area contributed by atoms with Crippen LogP contribution in [0.5, 0.6) is 5.75 Å². The van der Waals surface area contributed by atoms with E-state index in [2.05, 4.69) is 48.6 Å². The van der Waals surface area contributed by atoms with Gasteiger partial charge in [0, 0.05) is 24.1 Å². The normalized spacial score (nSPS) is 18.0. The van der Waals surface area contributed by atoms with Crippen molar-refractivity contribution < 1.29 is 19.0 Å².